The van der Waals surface area contributed by atoms with Crippen LogP contribution in [0.15, 0.2) is 6.20 Å². The van der Waals surface area contributed by atoms with Crippen LogP contribution in [0.3, 0.4) is 0 Å². The molecular formula is C20H30N2O4. The second-order valence-electron chi connectivity index (χ2n) is 7.41. The third-order valence-corrected chi connectivity index (χ3v) is 5.41. The number of carbonyl (C=O) groups is 2. The van der Waals surface area contributed by atoms with Crippen LogP contribution in [-0.4, -0.2) is 34.9 Å². The number of rotatable bonds is 8. The fraction of sp³-hybridized carbons (Fsp3) is 0.750. The highest BCUT2D eigenvalue weighted by atomic mass is 16.5. The van der Waals surface area contributed by atoms with Crippen molar-refractivity contribution >= 4 is 11.9 Å². The Labute approximate surface area is 155 Å². The Morgan fingerprint density at radius 2 is 1.85 bits per heavy atom. The minimum absolute atomic E-state index is 0.00427. The predicted octanol–water partition coefficient (Wildman–Crippen LogP) is 4.01. The van der Waals surface area contributed by atoms with Crippen molar-refractivity contribution < 1.29 is 19.1 Å². The van der Waals surface area contributed by atoms with Gasteiger partial charge in [0.2, 0.25) is 0 Å². The Kier molecular flexibility index (Phi) is 6.33. The number of aromatic nitrogens is 2. The second kappa shape index (κ2) is 8.69. The van der Waals surface area contributed by atoms with E-state index >= 15 is 0 Å². The minimum Gasteiger partial charge on any atom is -0.466 e. The molecular weight excluding hydrogens is 332 g/mol. The van der Waals surface area contributed by atoms with Crippen LogP contribution >= 0.6 is 0 Å². The molecule has 1 aromatic heterocycles. The van der Waals surface area contributed by atoms with Gasteiger partial charge in [-0.2, -0.15) is 5.10 Å². The van der Waals surface area contributed by atoms with E-state index in [1.54, 1.807) is 6.20 Å². The van der Waals surface area contributed by atoms with E-state index in [1.165, 1.54) is 0 Å². The van der Waals surface area contributed by atoms with Gasteiger partial charge in [0.25, 0.3) is 0 Å². The first-order valence-electron chi connectivity index (χ1n) is 10.1. The number of nitrogens with zero attached hydrogens (tertiary/aromatic N) is 2. The van der Waals surface area contributed by atoms with Crippen molar-refractivity contribution in [1.29, 1.82) is 0 Å². The van der Waals surface area contributed by atoms with E-state index < -0.39 is 0 Å². The van der Waals surface area contributed by atoms with Crippen LogP contribution in [0.4, 0.5) is 0 Å². The van der Waals surface area contributed by atoms with Gasteiger partial charge >= 0.3 is 11.9 Å². The number of carbonyl (C=O) groups excluding carboxylic acids is 2. The van der Waals surface area contributed by atoms with Gasteiger partial charge < -0.3 is 9.47 Å². The number of hydrogen-bond donors (Lipinski definition) is 0. The molecule has 0 bridgehead atoms. The number of unbranched alkanes of at least 4 members (excludes halogenated alkanes) is 1. The first-order chi connectivity index (χ1) is 12.7. The molecule has 1 heterocycles. The monoisotopic (exact) mass is 362 g/mol. The molecule has 3 rings (SSSR count). The molecule has 26 heavy (non-hydrogen) atoms. The molecule has 2 aliphatic carbocycles. The summed E-state index contributed by atoms with van der Waals surface area (Å²) < 4.78 is 12.6. The zero-order valence-corrected chi connectivity index (χ0v) is 15.9. The molecule has 144 valence electrons. The molecule has 2 fully saturated rings. The lowest BCUT2D eigenvalue weighted by Crippen LogP contribution is -2.26. The first kappa shape index (κ1) is 18.9. The lowest BCUT2D eigenvalue weighted by molar-refractivity contribution is -0.149. The summed E-state index contributed by atoms with van der Waals surface area (Å²) in [4.78, 5) is 24.4. The average Bonchev–Trinajstić information content (AvgIpc) is 3.40. The SMILES string of the molecule is CCCCOC(=O)c1cnn(C2CCC(C(=O)OCC)CC2)c1C1CC1. The van der Waals surface area contributed by atoms with E-state index in [0.717, 1.165) is 57.1 Å². The Hall–Kier alpha value is -1.85. The standard InChI is InChI=1S/C20H30N2O4/c1-3-5-12-26-20(24)17-13-21-22(18(17)14-6-7-14)16-10-8-15(9-11-16)19(23)25-4-2/h13-16H,3-12H2,1-2H3. The van der Waals surface area contributed by atoms with Gasteiger partial charge in [-0.3, -0.25) is 9.48 Å². The van der Waals surface area contributed by atoms with Crippen molar-refractivity contribution in [1.82, 2.24) is 9.78 Å². The van der Waals surface area contributed by atoms with Crippen molar-refractivity contribution in [2.24, 2.45) is 5.92 Å². The van der Waals surface area contributed by atoms with Crippen LogP contribution < -0.4 is 0 Å². The molecule has 0 aromatic carbocycles. The molecule has 0 unspecified atom stereocenters. The van der Waals surface area contributed by atoms with E-state index in [4.69, 9.17) is 9.47 Å². The summed E-state index contributed by atoms with van der Waals surface area (Å²) in [5, 5.41) is 4.56. The van der Waals surface area contributed by atoms with Gasteiger partial charge in [0, 0.05) is 5.92 Å². The maximum atomic E-state index is 12.4. The highest BCUT2D eigenvalue weighted by molar-refractivity contribution is 5.90. The van der Waals surface area contributed by atoms with Crippen molar-refractivity contribution in [3.63, 3.8) is 0 Å². The number of hydrogen-bond acceptors (Lipinski definition) is 5. The van der Waals surface area contributed by atoms with Gasteiger partial charge in [-0.15, -0.1) is 0 Å². The molecule has 0 saturated heterocycles. The molecule has 0 N–H and O–H groups in total. The van der Waals surface area contributed by atoms with E-state index in [1.807, 2.05) is 6.92 Å². The molecule has 0 amide bonds. The van der Waals surface area contributed by atoms with Crippen molar-refractivity contribution in [2.45, 2.75) is 77.2 Å². The topological polar surface area (TPSA) is 70.4 Å². The minimum atomic E-state index is -0.244. The van der Waals surface area contributed by atoms with Crippen molar-refractivity contribution in [3.8, 4) is 0 Å². The molecule has 1 aromatic rings. The van der Waals surface area contributed by atoms with E-state index in [2.05, 4.69) is 16.7 Å². The molecule has 0 spiro atoms. The zero-order valence-electron chi connectivity index (χ0n) is 15.9. The molecule has 6 heteroatoms. The quantitative estimate of drug-likeness (QED) is 0.516. The summed E-state index contributed by atoms with van der Waals surface area (Å²) >= 11 is 0. The Morgan fingerprint density at radius 3 is 2.46 bits per heavy atom. The van der Waals surface area contributed by atoms with Gasteiger partial charge in [0.05, 0.1) is 37.1 Å². The average molecular weight is 362 g/mol. The van der Waals surface area contributed by atoms with E-state index in [0.29, 0.717) is 24.7 Å². The summed E-state index contributed by atoms with van der Waals surface area (Å²) in [7, 11) is 0. The van der Waals surface area contributed by atoms with Crippen LogP contribution in [0, 0.1) is 5.92 Å². The third kappa shape index (κ3) is 4.27. The highest BCUT2D eigenvalue weighted by Gasteiger charge is 2.36. The van der Waals surface area contributed by atoms with E-state index in [-0.39, 0.29) is 23.9 Å². The first-order valence-corrected chi connectivity index (χ1v) is 10.1. The highest BCUT2D eigenvalue weighted by Crippen LogP contribution is 2.44. The number of ether oxygens (including phenoxy) is 2. The second-order valence-corrected chi connectivity index (χ2v) is 7.41. The predicted molar refractivity (Wildman–Crippen MR) is 97.0 cm³/mol. The summed E-state index contributed by atoms with van der Waals surface area (Å²) in [6.07, 6.45) is 9.23. The van der Waals surface area contributed by atoms with Crippen molar-refractivity contribution in [2.75, 3.05) is 13.2 Å². The maximum Gasteiger partial charge on any atom is 0.341 e. The lowest BCUT2D eigenvalue weighted by Gasteiger charge is -2.28. The molecule has 2 aliphatic rings. The largest absolute Gasteiger partial charge is 0.466 e. The van der Waals surface area contributed by atoms with Crippen LogP contribution in [0.5, 0.6) is 0 Å². The van der Waals surface area contributed by atoms with Crippen LogP contribution in [0.25, 0.3) is 0 Å². The zero-order chi connectivity index (χ0) is 18.5. The molecule has 0 atom stereocenters. The summed E-state index contributed by atoms with van der Waals surface area (Å²) in [6, 6.07) is 0.258. The molecule has 2 saturated carbocycles. The summed E-state index contributed by atoms with van der Waals surface area (Å²) in [6.45, 7) is 4.83. The van der Waals surface area contributed by atoms with Crippen LogP contribution in [0.1, 0.15) is 93.2 Å². The Morgan fingerprint density at radius 1 is 1.12 bits per heavy atom. The number of esters is 2. The molecule has 6 nitrogen and oxygen atoms in total. The summed E-state index contributed by atoms with van der Waals surface area (Å²) in [5.41, 5.74) is 1.68. The maximum absolute atomic E-state index is 12.4. The lowest BCUT2D eigenvalue weighted by atomic mass is 9.86. The smallest absolute Gasteiger partial charge is 0.341 e. The van der Waals surface area contributed by atoms with Gasteiger partial charge in [-0.25, -0.2) is 4.79 Å². The van der Waals surface area contributed by atoms with Crippen LogP contribution in [-0.2, 0) is 14.3 Å². The van der Waals surface area contributed by atoms with Crippen LogP contribution in [0.2, 0.25) is 0 Å². The normalized spacial score (nSPS) is 22.8. The van der Waals surface area contributed by atoms with Gasteiger partial charge in [-0.05, 0) is 51.9 Å². The molecule has 0 aliphatic heterocycles. The van der Waals surface area contributed by atoms with Gasteiger partial charge in [-0.1, -0.05) is 13.3 Å². The summed E-state index contributed by atoms with van der Waals surface area (Å²) in [5.74, 6) is 0.111. The fourth-order valence-electron chi connectivity index (χ4n) is 3.79. The van der Waals surface area contributed by atoms with E-state index in [9.17, 15) is 9.59 Å². The van der Waals surface area contributed by atoms with Crippen molar-refractivity contribution in [3.05, 3.63) is 17.5 Å². The van der Waals surface area contributed by atoms with Gasteiger partial charge in [0.1, 0.15) is 5.56 Å². The Bertz CT molecular complexity index is 628. The van der Waals surface area contributed by atoms with Gasteiger partial charge in [0.15, 0.2) is 0 Å². The third-order valence-electron chi connectivity index (χ3n) is 5.41. The molecule has 0 radical (unpaired) electrons. The Balaban J connectivity index is 1.67. The fourth-order valence-corrected chi connectivity index (χ4v) is 3.79.